The molecule has 4 aliphatic rings. The van der Waals surface area contributed by atoms with Crippen LogP contribution in [0.4, 0.5) is 17.6 Å². The van der Waals surface area contributed by atoms with E-state index in [2.05, 4.69) is 125 Å². The third-order valence-corrected chi connectivity index (χ3v) is 29.8. The number of Topliss-reactive ketones (excluding diaryl/α,β-unsaturated/α-hetero) is 2. The van der Waals surface area contributed by atoms with Crippen LogP contribution in [0, 0.1) is 68.6 Å². The molecule has 0 atom stereocenters. The number of benzene rings is 6. The number of ketones is 2. The van der Waals surface area contributed by atoms with E-state index in [4.69, 9.17) is 9.47 Å². The summed E-state index contributed by atoms with van der Waals surface area (Å²) in [6.07, 6.45) is 24.7. The van der Waals surface area contributed by atoms with E-state index in [0.29, 0.717) is 21.3 Å². The van der Waals surface area contributed by atoms with E-state index in [0.717, 1.165) is 234 Å². The number of unbranched alkanes of at least 4 members (excludes halogenated alkanes) is 12. The smallest absolute Gasteiger partial charge is 0.194 e. The lowest BCUT2D eigenvalue weighted by molar-refractivity contribution is 0.103. The average Bonchev–Trinajstić information content (AvgIpc) is 1.50. The van der Waals surface area contributed by atoms with Crippen molar-refractivity contribution in [2.75, 3.05) is 0 Å². The van der Waals surface area contributed by atoms with Gasteiger partial charge in [0.05, 0.1) is 38.3 Å². The highest BCUT2D eigenvalue weighted by atomic mass is 32.1. The van der Waals surface area contributed by atoms with Gasteiger partial charge < -0.3 is 9.47 Å². The minimum absolute atomic E-state index is 0.0139. The molecule has 0 amide bonds. The lowest BCUT2D eigenvalue weighted by Gasteiger charge is -2.39. The molecular weight excluding hydrogens is 1520 g/mol. The Labute approximate surface area is 672 Å². The number of aryl methyl sites for hydroxylation is 4. The molecule has 0 radical (unpaired) electrons. The first kappa shape index (κ1) is 75.9. The highest BCUT2D eigenvalue weighted by Crippen LogP contribution is 2.69. The number of rotatable bonds is 26. The molecule has 18 heteroatoms. The monoisotopic (exact) mass is 1590 g/mol. The summed E-state index contributed by atoms with van der Waals surface area (Å²) in [5.74, 6) is -4.71. The molecule has 560 valence electrons. The Hall–Kier alpha value is -10.1. The summed E-state index contributed by atoms with van der Waals surface area (Å²) < 4.78 is 82.4. The number of nitrogens with zero attached hydrogens (tertiary/aromatic N) is 4. The lowest BCUT2D eigenvalue weighted by atomic mass is 9.78. The van der Waals surface area contributed by atoms with Gasteiger partial charge in [-0.3, -0.25) is 9.59 Å². The van der Waals surface area contributed by atoms with Crippen molar-refractivity contribution >= 4 is 131 Å². The van der Waals surface area contributed by atoms with Gasteiger partial charge in [0, 0.05) is 86.0 Å². The van der Waals surface area contributed by atoms with Crippen molar-refractivity contribution in [2.24, 2.45) is 0 Å². The van der Waals surface area contributed by atoms with Gasteiger partial charge in [-0.15, -0.1) is 68.0 Å². The van der Waals surface area contributed by atoms with Crippen LogP contribution < -0.4 is 9.47 Å². The summed E-state index contributed by atoms with van der Waals surface area (Å²) in [5.41, 5.74) is 6.36. The van der Waals surface area contributed by atoms with Crippen molar-refractivity contribution in [1.29, 1.82) is 21.0 Å². The predicted octanol–water partition coefficient (Wildman–Crippen LogP) is 27.4. The number of fused-ring (bicyclic) bond motifs is 15. The standard InChI is InChI=1S/C94H76F4N4O4S6/c1-5-9-13-17-21-53-25-33-59(34-26-53)93(60-35-27-54(28-36-60)22-18-14-10-6-2)79-85-75(43-63(107-85)41-69-77(57(49-99)50-100)65-45-71(95)73(97)47-67(65)81(69)103)109-87(79)89-83(105-93)91-92(111-89)84-90(112-91)88-80(86-76(110-88)44-64(108-86)42-70-78(58(51-101)52-102)66-46-72(96)74(98)48-68(66)82(70)104)94(106-84,61-37-29-55(30-38-61)23-19-15-11-7-3)62-39-31-56(32-40-62)24-20-16-12-8-4/h25-48H,5-24H2,1-4H3/b69-41-,70-42-. The Balaban J connectivity index is 0.936. The van der Waals surface area contributed by atoms with Crippen molar-refractivity contribution < 1.29 is 36.6 Å². The molecule has 0 saturated heterocycles. The molecular formula is C94H76F4N4O4S6. The second-order valence-electron chi connectivity index (χ2n) is 29.4. The number of allylic oxidation sites excluding steroid dienone is 6. The molecule has 0 spiro atoms. The van der Waals surface area contributed by atoms with Gasteiger partial charge in [0.2, 0.25) is 0 Å². The molecule has 8 nitrogen and oxygen atoms in total. The zero-order chi connectivity index (χ0) is 77.7. The minimum Gasteiger partial charge on any atom is -0.470 e. The first-order valence-corrected chi connectivity index (χ1v) is 43.6. The van der Waals surface area contributed by atoms with Crippen LogP contribution in [0.1, 0.15) is 228 Å². The van der Waals surface area contributed by atoms with Crippen molar-refractivity contribution in [3.63, 3.8) is 0 Å². The van der Waals surface area contributed by atoms with E-state index < -0.39 is 57.2 Å². The highest BCUT2D eigenvalue weighted by molar-refractivity contribution is 7.37. The van der Waals surface area contributed by atoms with Crippen LogP contribution in [-0.4, -0.2) is 11.6 Å². The molecule has 6 aromatic heterocycles. The van der Waals surface area contributed by atoms with Gasteiger partial charge in [-0.05, 0) is 133 Å². The summed E-state index contributed by atoms with van der Waals surface area (Å²) in [4.78, 5) is 34.1. The van der Waals surface area contributed by atoms with E-state index in [1.807, 2.05) is 36.4 Å². The van der Waals surface area contributed by atoms with Crippen LogP contribution in [0.15, 0.2) is 156 Å². The molecule has 2 aliphatic heterocycles. The number of nitriles is 4. The summed E-state index contributed by atoms with van der Waals surface area (Å²) in [6.45, 7) is 8.86. The Morgan fingerprint density at radius 3 is 0.946 bits per heavy atom. The average molecular weight is 1590 g/mol. The number of hydrogen-bond acceptors (Lipinski definition) is 14. The molecule has 6 aromatic carbocycles. The molecule has 12 aromatic rings. The Kier molecular flexibility index (Phi) is 21.6. The first-order chi connectivity index (χ1) is 54.6. The number of ether oxygens (including phenoxy) is 2. The van der Waals surface area contributed by atoms with Gasteiger partial charge in [-0.2, -0.15) is 21.0 Å². The number of halogens is 4. The topological polar surface area (TPSA) is 148 Å². The normalized spacial score (nSPS) is 14.9. The van der Waals surface area contributed by atoms with Crippen LogP contribution in [0.25, 0.3) is 71.0 Å². The molecule has 0 fully saturated rings. The summed E-state index contributed by atoms with van der Waals surface area (Å²) in [7, 11) is 0. The third-order valence-electron chi connectivity index (χ3n) is 22.2. The first-order valence-electron chi connectivity index (χ1n) is 38.7. The Bertz CT molecular complexity index is 5590. The van der Waals surface area contributed by atoms with E-state index in [1.54, 1.807) is 57.5 Å². The van der Waals surface area contributed by atoms with Crippen molar-refractivity contribution in [2.45, 2.75) is 167 Å². The summed E-state index contributed by atoms with van der Waals surface area (Å²) >= 11 is 9.39. The SMILES string of the molecule is CCCCCCc1ccc(C2(c3ccc(CCCCCC)cc3)Oc3c(sc4c5c(sc34)-c3sc4cc(/C=C6\C(=O)c7cc(F)c(F)cc7C6=C(C#N)C#N)sc4c3C(c3ccc(CCCCCC)cc3)(c3ccc(CCCCCC)cc3)O5)-c3sc4cc(/C=C5\C(=O)c6cc(F)c(F)cc6C5=C(C#N)C#N)sc4c32)cc1. The largest absolute Gasteiger partial charge is 0.470 e. The van der Waals surface area contributed by atoms with Crippen LogP contribution in [0.3, 0.4) is 0 Å². The van der Waals surface area contributed by atoms with Crippen LogP contribution in [0.2, 0.25) is 0 Å². The zero-order valence-corrected chi connectivity index (χ0v) is 67.3. The van der Waals surface area contributed by atoms with Crippen molar-refractivity contribution in [3.05, 3.63) is 267 Å². The van der Waals surface area contributed by atoms with Gasteiger partial charge >= 0.3 is 0 Å². The Morgan fingerprint density at radius 2 is 0.661 bits per heavy atom. The number of carbonyl (C=O) groups excluding carboxylic acids is 2. The fraction of sp³-hybridized carbons (Fsp3) is 0.277. The van der Waals surface area contributed by atoms with Gasteiger partial charge in [0.1, 0.15) is 35.4 Å². The molecule has 112 heavy (non-hydrogen) atoms. The summed E-state index contributed by atoms with van der Waals surface area (Å²) in [6, 6.07) is 50.7. The van der Waals surface area contributed by atoms with Crippen LogP contribution in [0.5, 0.6) is 11.5 Å². The fourth-order valence-corrected chi connectivity index (χ4v) is 24.8. The van der Waals surface area contributed by atoms with E-state index in [1.165, 1.54) is 44.9 Å². The Morgan fingerprint density at radius 1 is 0.366 bits per heavy atom. The molecule has 16 rings (SSSR count). The number of hydrogen-bond donors (Lipinski definition) is 0. The quantitative estimate of drug-likeness (QED) is 0.0225. The van der Waals surface area contributed by atoms with Gasteiger partial charge in [-0.1, -0.05) is 202 Å². The number of thiophene rings is 6. The van der Waals surface area contributed by atoms with Crippen LogP contribution >= 0.6 is 68.0 Å². The van der Waals surface area contributed by atoms with Crippen LogP contribution in [-0.2, 0) is 36.9 Å². The molecule has 0 unspecified atom stereocenters. The predicted molar refractivity (Wildman–Crippen MR) is 449 cm³/mol. The molecule has 2 aliphatic carbocycles. The molecule has 8 heterocycles. The highest BCUT2D eigenvalue weighted by Gasteiger charge is 2.53. The molecule has 0 saturated carbocycles. The second-order valence-corrected chi connectivity index (χ2v) is 35.7. The second kappa shape index (κ2) is 31.8. The fourth-order valence-electron chi connectivity index (χ4n) is 16.6. The van der Waals surface area contributed by atoms with Crippen molar-refractivity contribution in [3.8, 4) is 55.3 Å². The van der Waals surface area contributed by atoms with E-state index >= 15 is 17.6 Å². The van der Waals surface area contributed by atoms with Crippen molar-refractivity contribution in [1.82, 2.24) is 0 Å². The third kappa shape index (κ3) is 13.2. The lowest BCUT2D eigenvalue weighted by Crippen LogP contribution is -2.38. The number of carbonyl (C=O) groups is 2. The molecule has 0 N–H and O–H groups in total. The summed E-state index contributed by atoms with van der Waals surface area (Å²) in [5, 5.41) is 41.4. The van der Waals surface area contributed by atoms with Gasteiger partial charge in [0.15, 0.2) is 57.5 Å². The van der Waals surface area contributed by atoms with Gasteiger partial charge in [0.25, 0.3) is 0 Å². The van der Waals surface area contributed by atoms with Gasteiger partial charge in [-0.25, -0.2) is 17.6 Å². The minimum atomic E-state index is -1.33. The zero-order valence-electron chi connectivity index (χ0n) is 62.4. The maximum absolute atomic E-state index is 15.2. The maximum atomic E-state index is 15.2. The maximum Gasteiger partial charge on any atom is 0.194 e. The van der Waals surface area contributed by atoms with E-state index in [-0.39, 0.29) is 44.5 Å². The van der Waals surface area contributed by atoms with E-state index in [9.17, 15) is 30.6 Å². The molecule has 0 bridgehead atoms.